The van der Waals surface area contributed by atoms with Crippen LogP contribution in [0.15, 0.2) is 70.1 Å². The van der Waals surface area contributed by atoms with Crippen LogP contribution in [0, 0.1) is 6.92 Å². The summed E-state index contributed by atoms with van der Waals surface area (Å²) in [6.45, 7) is 6.07. The van der Waals surface area contributed by atoms with Crippen LogP contribution in [0.1, 0.15) is 21.6 Å². The van der Waals surface area contributed by atoms with Crippen molar-refractivity contribution in [3.8, 4) is 0 Å². The van der Waals surface area contributed by atoms with Crippen LogP contribution in [-0.4, -0.2) is 24.4 Å². The van der Waals surface area contributed by atoms with Crippen LogP contribution in [0.2, 0.25) is 0 Å². The lowest BCUT2D eigenvalue weighted by Gasteiger charge is -2.07. The second-order valence-electron chi connectivity index (χ2n) is 5.53. The molecule has 3 nitrogen and oxygen atoms in total. The van der Waals surface area contributed by atoms with E-state index in [1.807, 2.05) is 48.5 Å². The molecule has 0 aliphatic rings. The first-order valence-electron chi connectivity index (χ1n) is 8.08. The molecule has 0 aliphatic carbocycles. The van der Waals surface area contributed by atoms with E-state index in [4.69, 9.17) is 16.6 Å². The molecule has 0 atom stereocenters. The zero-order valence-electron chi connectivity index (χ0n) is 14.6. The molecule has 3 aromatic rings. The largest absolute Gasteiger partial charge is 0.270 e. The SMILES string of the molecule is C=Cc1c(C)sc2cccc(C(N=C(N=CCl)c3ccccc3)=NC)c12. The highest BCUT2D eigenvalue weighted by atomic mass is 35.5. The second kappa shape index (κ2) is 8.21. The molecule has 0 N–H and O–H groups in total. The molecule has 0 unspecified atom stereocenters. The lowest BCUT2D eigenvalue weighted by molar-refractivity contribution is 1.38. The summed E-state index contributed by atoms with van der Waals surface area (Å²) in [5.41, 5.74) is 4.19. The maximum absolute atomic E-state index is 5.74. The summed E-state index contributed by atoms with van der Waals surface area (Å²) < 4.78 is 1.19. The number of amidine groups is 2. The third kappa shape index (κ3) is 3.52. The molecular formula is C21H18ClN3S. The summed E-state index contributed by atoms with van der Waals surface area (Å²) in [5.74, 6) is 1.13. The third-order valence-electron chi connectivity index (χ3n) is 4.01. The third-order valence-corrected chi connectivity index (χ3v) is 5.19. The van der Waals surface area contributed by atoms with Crippen LogP contribution in [0.25, 0.3) is 16.2 Å². The van der Waals surface area contributed by atoms with Crippen LogP contribution in [0.3, 0.4) is 0 Å². The van der Waals surface area contributed by atoms with Crippen LogP contribution >= 0.6 is 22.9 Å². The van der Waals surface area contributed by atoms with Gasteiger partial charge >= 0.3 is 0 Å². The Balaban J connectivity index is 2.21. The van der Waals surface area contributed by atoms with E-state index < -0.39 is 0 Å². The van der Waals surface area contributed by atoms with Gasteiger partial charge in [-0.3, -0.25) is 4.99 Å². The van der Waals surface area contributed by atoms with Gasteiger partial charge in [0.05, 0.1) is 5.67 Å². The smallest absolute Gasteiger partial charge is 0.162 e. The van der Waals surface area contributed by atoms with E-state index in [-0.39, 0.29) is 0 Å². The van der Waals surface area contributed by atoms with Gasteiger partial charge in [0.2, 0.25) is 0 Å². The normalized spacial score (nSPS) is 12.9. The Morgan fingerprint density at radius 3 is 2.50 bits per heavy atom. The number of hydrogen-bond donors (Lipinski definition) is 0. The highest BCUT2D eigenvalue weighted by molar-refractivity contribution is 7.19. The molecule has 3 rings (SSSR count). The molecule has 0 bridgehead atoms. The molecule has 0 spiro atoms. The molecule has 0 saturated carbocycles. The fraction of sp³-hybridized carbons (Fsp3) is 0.0952. The highest BCUT2D eigenvalue weighted by Crippen LogP contribution is 2.34. The molecule has 5 heteroatoms. The van der Waals surface area contributed by atoms with Crippen LogP contribution in [0.4, 0.5) is 0 Å². The number of nitrogens with zero attached hydrogens (tertiary/aromatic N) is 3. The first kappa shape index (κ1) is 18.2. The first-order chi connectivity index (χ1) is 12.7. The average Bonchev–Trinajstić information content (AvgIpc) is 3.01. The van der Waals surface area contributed by atoms with Crippen molar-refractivity contribution in [1.29, 1.82) is 0 Å². The van der Waals surface area contributed by atoms with Crippen molar-refractivity contribution in [2.45, 2.75) is 6.92 Å². The van der Waals surface area contributed by atoms with E-state index in [1.54, 1.807) is 18.4 Å². The number of thiophene rings is 1. The van der Waals surface area contributed by atoms with Gasteiger partial charge in [-0.2, -0.15) is 0 Å². The predicted octanol–water partition coefficient (Wildman–Crippen LogP) is 5.94. The molecule has 0 saturated heterocycles. The van der Waals surface area contributed by atoms with Crippen molar-refractivity contribution >= 4 is 56.4 Å². The maximum atomic E-state index is 5.74. The van der Waals surface area contributed by atoms with E-state index in [2.05, 4.69) is 29.6 Å². The number of aliphatic imine (C=N–C) groups is 3. The lowest BCUT2D eigenvalue weighted by Crippen LogP contribution is -2.05. The van der Waals surface area contributed by atoms with Gasteiger partial charge in [0.1, 0.15) is 0 Å². The standard InChI is InChI=1S/C21H18ClN3S/c1-4-16-14(2)26-18-12-8-11-17(19(16)18)21(23-3)25-20(24-13-22)15-9-6-5-7-10-15/h4-13H,1H2,2-3H3. The van der Waals surface area contributed by atoms with E-state index in [9.17, 15) is 0 Å². The number of aryl methyl sites for hydroxylation is 1. The predicted molar refractivity (Wildman–Crippen MR) is 116 cm³/mol. The van der Waals surface area contributed by atoms with E-state index in [1.165, 1.54) is 15.3 Å². The zero-order valence-corrected chi connectivity index (χ0v) is 16.2. The lowest BCUT2D eigenvalue weighted by atomic mass is 10.0. The van der Waals surface area contributed by atoms with Crippen LogP contribution < -0.4 is 0 Å². The van der Waals surface area contributed by atoms with Gasteiger partial charge in [0.15, 0.2) is 11.7 Å². The number of halogens is 1. The topological polar surface area (TPSA) is 37.1 Å². The fourth-order valence-electron chi connectivity index (χ4n) is 2.85. The Morgan fingerprint density at radius 2 is 1.85 bits per heavy atom. The molecule has 0 aliphatic heterocycles. The van der Waals surface area contributed by atoms with Gasteiger partial charge in [-0.05, 0) is 18.6 Å². The van der Waals surface area contributed by atoms with Crippen molar-refractivity contribution in [2.75, 3.05) is 7.05 Å². The molecule has 130 valence electrons. The maximum Gasteiger partial charge on any atom is 0.162 e. The summed E-state index contributed by atoms with van der Waals surface area (Å²) >= 11 is 7.49. The monoisotopic (exact) mass is 379 g/mol. The van der Waals surface area contributed by atoms with E-state index >= 15 is 0 Å². The second-order valence-corrected chi connectivity index (χ2v) is 6.98. The average molecular weight is 380 g/mol. The van der Waals surface area contributed by atoms with Crippen molar-refractivity contribution in [3.05, 3.63) is 76.7 Å². The van der Waals surface area contributed by atoms with Gasteiger partial charge in [0, 0.05) is 33.1 Å². The summed E-state index contributed by atoms with van der Waals surface area (Å²) in [5, 5.41) is 1.12. The van der Waals surface area contributed by atoms with Crippen molar-refractivity contribution in [2.24, 2.45) is 15.0 Å². The molecule has 0 radical (unpaired) electrons. The fourth-order valence-corrected chi connectivity index (χ4v) is 4.04. The van der Waals surface area contributed by atoms with Gasteiger partial charge in [-0.1, -0.05) is 66.7 Å². The minimum atomic E-state index is 0.519. The summed E-state index contributed by atoms with van der Waals surface area (Å²) in [4.78, 5) is 14.6. The molecular weight excluding hydrogens is 362 g/mol. The Bertz CT molecular complexity index is 1030. The Labute approximate surface area is 162 Å². The van der Waals surface area contributed by atoms with Gasteiger partial charge in [0.25, 0.3) is 0 Å². The minimum Gasteiger partial charge on any atom is -0.270 e. The number of rotatable bonds is 3. The minimum absolute atomic E-state index is 0.519. The number of fused-ring (bicyclic) bond motifs is 1. The van der Waals surface area contributed by atoms with Gasteiger partial charge in [-0.25, -0.2) is 9.98 Å². The van der Waals surface area contributed by atoms with E-state index in [0.717, 1.165) is 22.1 Å². The molecule has 1 aromatic heterocycles. The number of benzene rings is 2. The van der Waals surface area contributed by atoms with Gasteiger partial charge in [-0.15, -0.1) is 11.3 Å². The Kier molecular flexibility index (Phi) is 5.76. The molecule has 26 heavy (non-hydrogen) atoms. The van der Waals surface area contributed by atoms with Crippen molar-refractivity contribution in [1.82, 2.24) is 0 Å². The summed E-state index contributed by atoms with van der Waals surface area (Å²) in [6, 6.07) is 15.9. The number of hydrogen-bond acceptors (Lipinski definition) is 2. The molecule has 1 heterocycles. The summed E-state index contributed by atoms with van der Waals surface area (Å²) in [6.07, 6.45) is 1.89. The Morgan fingerprint density at radius 1 is 1.08 bits per heavy atom. The zero-order chi connectivity index (χ0) is 18.5. The molecule has 0 amide bonds. The molecule has 2 aromatic carbocycles. The quantitative estimate of drug-likeness (QED) is 0.398. The molecule has 0 fully saturated rings. The highest BCUT2D eigenvalue weighted by Gasteiger charge is 2.15. The van der Waals surface area contributed by atoms with Gasteiger partial charge < -0.3 is 0 Å². The van der Waals surface area contributed by atoms with Crippen molar-refractivity contribution in [3.63, 3.8) is 0 Å². The first-order valence-corrected chi connectivity index (χ1v) is 9.33. The Hall–Kier alpha value is -2.56. The van der Waals surface area contributed by atoms with Crippen LogP contribution in [0.5, 0.6) is 0 Å². The van der Waals surface area contributed by atoms with E-state index in [0.29, 0.717) is 11.7 Å². The summed E-state index contributed by atoms with van der Waals surface area (Å²) in [7, 11) is 1.73. The van der Waals surface area contributed by atoms with Crippen molar-refractivity contribution < 1.29 is 0 Å². The van der Waals surface area contributed by atoms with Crippen LogP contribution in [-0.2, 0) is 0 Å².